The van der Waals surface area contributed by atoms with E-state index in [0.717, 1.165) is 16.8 Å². The van der Waals surface area contributed by atoms with Crippen LogP contribution in [0.25, 0.3) is 11.6 Å². The molecular formula is C18H15ClN6O. The van der Waals surface area contributed by atoms with E-state index in [0.29, 0.717) is 29.0 Å². The summed E-state index contributed by atoms with van der Waals surface area (Å²) < 4.78 is 0. The molecule has 0 fully saturated rings. The fraction of sp³-hybridized carbons (Fsp3) is 0.111. The van der Waals surface area contributed by atoms with Crippen molar-refractivity contribution < 1.29 is 5.11 Å². The van der Waals surface area contributed by atoms with Crippen molar-refractivity contribution in [3.05, 3.63) is 58.6 Å². The topological polar surface area (TPSA) is 90.3 Å². The fourth-order valence-corrected chi connectivity index (χ4v) is 2.83. The lowest BCUT2D eigenvalue weighted by Gasteiger charge is -2.14. The summed E-state index contributed by atoms with van der Waals surface area (Å²) in [7, 11) is 1.87. The van der Waals surface area contributed by atoms with E-state index in [1.807, 2.05) is 30.1 Å². The average molecular weight is 367 g/mol. The Morgan fingerprint density at radius 1 is 1.31 bits per heavy atom. The molecule has 8 heteroatoms. The predicted octanol–water partition coefficient (Wildman–Crippen LogP) is 3.45. The second-order valence-corrected chi connectivity index (χ2v) is 6.29. The molecule has 3 aromatic heterocycles. The quantitative estimate of drug-likeness (QED) is 0.738. The SMILES string of the molecule is CN(Cc1ccccn1)c1nc(O)c(/C=C2/C=Nc3ncc(Cl)cc32)[nH]1. The summed E-state index contributed by atoms with van der Waals surface area (Å²) >= 11 is 6.02. The molecule has 0 spiro atoms. The van der Waals surface area contributed by atoms with Crippen molar-refractivity contribution in [2.24, 2.45) is 4.99 Å². The van der Waals surface area contributed by atoms with Gasteiger partial charge in [0.25, 0.3) is 0 Å². The summed E-state index contributed by atoms with van der Waals surface area (Å²) in [4.78, 5) is 21.9. The molecule has 0 aliphatic carbocycles. The van der Waals surface area contributed by atoms with Gasteiger partial charge in [0.15, 0.2) is 5.82 Å². The average Bonchev–Trinajstić information content (AvgIpc) is 3.20. The van der Waals surface area contributed by atoms with Crippen LogP contribution in [0.2, 0.25) is 5.02 Å². The molecule has 0 amide bonds. The molecule has 1 aliphatic rings. The van der Waals surface area contributed by atoms with E-state index in [2.05, 4.69) is 24.9 Å². The maximum absolute atomic E-state index is 10.2. The maximum Gasteiger partial charge on any atom is 0.238 e. The highest BCUT2D eigenvalue weighted by molar-refractivity contribution is 6.31. The summed E-state index contributed by atoms with van der Waals surface area (Å²) in [6, 6.07) is 7.53. The lowest BCUT2D eigenvalue weighted by Crippen LogP contribution is -2.18. The third-order valence-electron chi connectivity index (χ3n) is 3.96. The van der Waals surface area contributed by atoms with Gasteiger partial charge in [0.2, 0.25) is 11.8 Å². The first-order valence-electron chi connectivity index (χ1n) is 7.92. The summed E-state index contributed by atoms with van der Waals surface area (Å²) in [6.07, 6.45) is 6.76. The number of allylic oxidation sites excluding steroid dienone is 1. The largest absolute Gasteiger partial charge is 0.492 e. The first kappa shape index (κ1) is 16.3. The second-order valence-electron chi connectivity index (χ2n) is 5.86. The van der Waals surface area contributed by atoms with Gasteiger partial charge in [0.05, 0.1) is 17.3 Å². The van der Waals surface area contributed by atoms with Gasteiger partial charge in [-0.05, 0) is 24.3 Å². The third-order valence-corrected chi connectivity index (χ3v) is 4.16. The number of hydrogen-bond acceptors (Lipinski definition) is 6. The minimum absolute atomic E-state index is 0.0859. The van der Waals surface area contributed by atoms with Crippen LogP contribution in [0.3, 0.4) is 0 Å². The summed E-state index contributed by atoms with van der Waals surface area (Å²) in [5.74, 6) is 1.06. The van der Waals surface area contributed by atoms with Crippen molar-refractivity contribution in [1.82, 2.24) is 19.9 Å². The van der Waals surface area contributed by atoms with Gasteiger partial charge < -0.3 is 15.0 Å². The summed E-state index contributed by atoms with van der Waals surface area (Å²) in [5.41, 5.74) is 3.01. The van der Waals surface area contributed by atoms with E-state index < -0.39 is 0 Å². The van der Waals surface area contributed by atoms with Gasteiger partial charge >= 0.3 is 0 Å². The highest BCUT2D eigenvalue weighted by atomic mass is 35.5. The highest BCUT2D eigenvalue weighted by Crippen LogP contribution is 2.33. The minimum atomic E-state index is -0.0859. The van der Waals surface area contributed by atoms with Crippen molar-refractivity contribution >= 4 is 41.2 Å². The number of imidazole rings is 1. The van der Waals surface area contributed by atoms with E-state index in [1.165, 1.54) is 0 Å². The molecule has 0 radical (unpaired) electrons. The normalized spacial score (nSPS) is 14.0. The zero-order chi connectivity index (χ0) is 18.1. The number of rotatable bonds is 4. The van der Waals surface area contributed by atoms with E-state index >= 15 is 0 Å². The Morgan fingerprint density at radius 2 is 2.19 bits per heavy atom. The zero-order valence-corrected chi connectivity index (χ0v) is 14.6. The Bertz CT molecular complexity index is 1010. The van der Waals surface area contributed by atoms with Gasteiger partial charge in [-0.1, -0.05) is 17.7 Å². The summed E-state index contributed by atoms with van der Waals surface area (Å²) in [6.45, 7) is 0.563. The number of aliphatic imine (C=N–C) groups is 1. The molecular weight excluding hydrogens is 352 g/mol. The van der Waals surface area contributed by atoms with Crippen LogP contribution in [0.5, 0.6) is 5.88 Å². The molecule has 3 aromatic rings. The van der Waals surface area contributed by atoms with Crippen molar-refractivity contribution in [2.45, 2.75) is 6.54 Å². The van der Waals surface area contributed by atoms with Gasteiger partial charge in [0, 0.05) is 36.8 Å². The van der Waals surface area contributed by atoms with Crippen LogP contribution < -0.4 is 4.90 Å². The Kier molecular flexibility index (Phi) is 4.14. The number of pyridine rings is 2. The third kappa shape index (κ3) is 3.16. The van der Waals surface area contributed by atoms with E-state index in [9.17, 15) is 5.11 Å². The standard InChI is InChI=1S/C18H15ClN6O/c1-25(10-13-4-2-3-5-20-13)18-23-15(17(26)24-18)6-11-8-21-16-14(11)7-12(19)9-22-16/h2-9,26H,10H2,1H3,(H,23,24)/b11-6-. The van der Waals surface area contributed by atoms with E-state index in [-0.39, 0.29) is 5.88 Å². The first-order valence-corrected chi connectivity index (χ1v) is 8.29. The van der Waals surface area contributed by atoms with Gasteiger partial charge in [-0.25, -0.2) is 9.98 Å². The molecule has 0 unspecified atom stereocenters. The monoisotopic (exact) mass is 366 g/mol. The van der Waals surface area contributed by atoms with Crippen LogP contribution >= 0.6 is 11.6 Å². The van der Waals surface area contributed by atoms with E-state index in [4.69, 9.17) is 11.6 Å². The van der Waals surface area contributed by atoms with Crippen LogP contribution in [-0.4, -0.2) is 38.3 Å². The van der Waals surface area contributed by atoms with Crippen LogP contribution in [0.15, 0.2) is 41.7 Å². The van der Waals surface area contributed by atoms with Crippen LogP contribution in [0, 0.1) is 0 Å². The van der Waals surface area contributed by atoms with Gasteiger partial charge in [-0.3, -0.25) is 4.98 Å². The Labute approximate surface area is 154 Å². The van der Waals surface area contributed by atoms with Gasteiger partial charge in [0.1, 0.15) is 5.69 Å². The Hall–Kier alpha value is -3.19. The molecule has 0 saturated heterocycles. The van der Waals surface area contributed by atoms with Gasteiger partial charge in [-0.15, -0.1) is 0 Å². The van der Waals surface area contributed by atoms with Gasteiger partial charge in [-0.2, -0.15) is 4.98 Å². The van der Waals surface area contributed by atoms with Crippen molar-refractivity contribution in [2.75, 3.05) is 11.9 Å². The smallest absolute Gasteiger partial charge is 0.238 e. The highest BCUT2D eigenvalue weighted by Gasteiger charge is 2.17. The van der Waals surface area contributed by atoms with Crippen LogP contribution in [-0.2, 0) is 6.54 Å². The van der Waals surface area contributed by atoms with Crippen molar-refractivity contribution in [3.63, 3.8) is 0 Å². The maximum atomic E-state index is 10.2. The van der Waals surface area contributed by atoms with Crippen LogP contribution in [0.1, 0.15) is 17.0 Å². The molecule has 26 heavy (non-hydrogen) atoms. The number of aromatic nitrogens is 4. The summed E-state index contributed by atoms with van der Waals surface area (Å²) in [5, 5.41) is 10.7. The number of nitrogens with zero attached hydrogens (tertiary/aromatic N) is 5. The number of anilines is 1. The van der Waals surface area contributed by atoms with Crippen molar-refractivity contribution in [1.29, 1.82) is 0 Å². The lowest BCUT2D eigenvalue weighted by molar-refractivity contribution is 0.455. The Morgan fingerprint density at radius 3 is 3.00 bits per heavy atom. The molecule has 7 nitrogen and oxygen atoms in total. The Balaban J connectivity index is 1.60. The molecule has 0 aromatic carbocycles. The number of aromatic amines is 1. The number of hydrogen-bond donors (Lipinski definition) is 2. The number of H-pyrrole nitrogens is 1. The lowest BCUT2D eigenvalue weighted by atomic mass is 10.1. The number of fused-ring (bicyclic) bond motifs is 1. The number of halogens is 1. The first-order chi connectivity index (χ1) is 12.6. The minimum Gasteiger partial charge on any atom is -0.492 e. The molecule has 0 saturated carbocycles. The molecule has 1 aliphatic heterocycles. The second kappa shape index (κ2) is 6.61. The van der Waals surface area contributed by atoms with Crippen molar-refractivity contribution in [3.8, 4) is 5.88 Å². The molecule has 4 heterocycles. The van der Waals surface area contributed by atoms with E-state index in [1.54, 1.807) is 30.8 Å². The molecule has 0 bridgehead atoms. The fourth-order valence-electron chi connectivity index (χ4n) is 2.67. The molecule has 2 N–H and O–H groups in total. The number of aromatic hydroxyl groups is 1. The number of nitrogens with one attached hydrogen (secondary N) is 1. The molecule has 130 valence electrons. The molecule has 4 rings (SSSR count). The molecule has 0 atom stereocenters. The van der Waals surface area contributed by atoms with Crippen LogP contribution in [0.4, 0.5) is 11.8 Å². The zero-order valence-electron chi connectivity index (χ0n) is 13.9. The predicted molar refractivity (Wildman–Crippen MR) is 102 cm³/mol.